The van der Waals surface area contributed by atoms with E-state index in [0.717, 1.165) is 16.9 Å². The fourth-order valence-corrected chi connectivity index (χ4v) is 2.26. The van der Waals surface area contributed by atoms with Crippen molar-refractivity contribution in [2.24, 2.45) is 0 Å². The number of nitro groups is 1. The fraction of sp³-hybridized carbons (Fsp3) is 0.143. The lowest BCUT2D eigenvalue weighted by Gasteiger charge is -2.08. The van der Waals surface area contributed by atoms with E-state index in [2.05, 4.69) is 15.6 Å². The fourth-order valence-electron chi connectivity index (χ4n) is 2.26. The maximum atomic E-state index is 11.3. The number of hydrogen-bond donors (Lipinski definition) is 2. The zero-order chi connectivity index (χ0) is 15.0. The van der Waals surface area contributed by atoms with Crippen LogP contribution in [0.15, 0.2) is 30.5 Å². The molecule has 2 N–H and O–H groups in total. The van der Waals surface area contributed by atoms with Gasteiger partial charge in [-0.25, -0.2) is 4.98 Å². The van der Waals surface area contributed by atoms with E-state index in [1.165, 1.54) is 6.20 Å². The first kappa shape index (κ1) is 13.0. The summed E-state index contributed by atoms with van der Waals surface area (Å²) in [5, 5.41) is 16.6. The standard InChI is InChI=1S/C14H12N4O3/c1-8-4-13(15-7-12(8)18(20)21)16-10-2-3-11-9(5-10)6-14(19)17-11/h2-5,7H,6H2,1H3,(H,15,16)(H,17,19). The van der Waals surface area contributed by atoms with Gasteiger partial charge in [-0.3, -0.25) is 14.9 Å². The Labute approximate surface area is 120 Å². The topological polar surface area (TPSA) is 97.2 Å². The Morgan fingerprint density at radius 2 is 2.19 bits per heavy atom. The summed E-state index contributed by atoms with van der Waals surface area (Å²) in [5.41, 5.74) is 3.05. The number of anilines is 3. The van der Waals surface area contributed by atoms with Crippen LogP contribution in [0.5, 0.6) is 0 Å². The van der Waals surface area contributed by atoms with Crippen molar-refractivity contribution >= 4 is 28.8 Å². The zero-order valence-electron chi connectivity index (χ0n) is 11.2. The van der Waals surface area contributed by atoms with Gasteiger partial charge in [-0.2, -0.15) is 0 Å². The number of amides is 1. The van der Waals surface area contributed by atoms with Gasteiger partial charge in [-0.15, -0.1) is 0 Å². The van der Waals surface area contributed by atoms with Gasteiger partial charge in [0, 0.05) is 16.9 Å². The highest BCUT2D eigenvalue weighted by atomic mass is 16.6. The third-order valence-corrected chi connectivity index (χ3v) is 3.28. The Morgan fingerprint density at radius 3 is 2.90 bits per heavy atom. The van der Waals surface area contributed by atoms with Crippen LogP contribution in [0, 0.1) is 17.0 Å². The number of fused-ring (bicyclic) bond motifs is 1. The molecule has 1 amide bonds. The number of aromatic nitrogens is 1. The van der Waals surface area contributed by atoms with Crippen LogP contribution in [0.25, 0.3) is 0 Å². The molecule has 0 bridgehead atoms. The first-order valence-corrected chi connectivity index (χ1v) is 6.34. The number of aryl methyl sites for hydroxylation is 1. The van der Waals surface area contributed by atoms with Crippen molar-refractivity contribution in [2.45, 2.75) is 13.3 Å². The zero-order valence-corrected chi connectivity index (χ0v) is 11.2. The Morgan fingerprint density at radius 1 is 1.38 bits per heavy atom. The van der Waals surface area contributed by atoms with E-state index in [1.54, 1.807) is 13.0 Å². The number of carbonyl (C=O) groups is 1. The Balaban J connectivity index is 1.84. The van der Waals surface area contributed by atoms with Crippen LogP contribution in [0.1, 0.15) is 11.1 Å². The molecule has 1 aromatic carbocycles. The predicted molar refractivity (Wildman–Crippen MR) is 77.7 cm³/mol. The van der Waals surface area contributed by atoms with E-state index in [1.807, 2.05) is 18.2 Å². The van der Waals surface area contributed by atoms with Crippen molar-refractivity contribution in [3.05, 3.63) is 51.7 Å². The lowest BCUT2D eigenvalue weighted by molar-refractivity contribution is -0.385. The largest absolute Gasteiger partial charge is 0.340 e. The van der Waals surface area contributed by atoms with Gasteiger partial charge >= 0.3 is 0 Å². The van der Waals surface area contributed by atoms with Crippen molar-refractivity contribution < 1.29 is 9.72 Å². The molecular formula is C14H12N4O3. The maximum absolute atomic E-state index is 11.3. The minimum Gasteiger partial charge on any atom is -0.340 e. The van der Waals surface area contributed by atoms with Crippen LogP contribution in [0.3, 0.4) is 0 Å². The van der Waals surface area contributed by atoms with Gasteiger partial charge in [0.15, 0.2) is 0 Å². The minimum absolute atomic E-state index is 0.00991. The molecule has 106 valence electrons. The van der Waals surface area contributed by atoms with E-state index in [4.69, 9.17) is 0 Å². The summed E-state index contributed by atoms with van der Waals surface area (Å²) in [6, 6.07) is 7.13. The van der Waals surface area contributed by atoms with Crippen molar-refractivity contribution in [1.29, 1.82) is 0 Å². The van der Waals surface area contributed by atoms with Gasteiger partial charge in [0.25, 0.3) is 5.69 Å². The molecule has 0 fully saturated rings. The molecule has 0 radical (unpaired) electrons. The van der Waals surface area contributed by atoms with Crippen LogP contribution < -0.4 is 10.6 Å². The number of benzene rings is 1. The molecule has 0 atom stereocenters. The van der Waals surface area contributed by atoms with E-state index in [0.29, 0.717) is 17.8 Å². The molecule has 0 aliphatic carbocycles. The predicted octanol–water partition coefficient (Wildman–Crippen LogP) is 2.54. The molecule has 1 aliphatic rings. The average molecular weight is 284 g/mol. The van der Waals surface area contributed by atoms with Crippen molar-refractivity contribution in [3.63, 3.8) is 0 Å². The third-order valence-electron chi connectivity index (χ3n) is 3.28. The van der Waals surface area contributed by atoms with Crippen LogP contribution in [-0.4, -0.2) is 15.8 Å². The first-order chi connectivity index (χ1) is 10.0. The molecule has 0 saturated carbocycles. The summed E-state index contributed by atoms with van der Waals surface area (Å²) >= 11 is 0. The molecule has 3 rings (SSSR count). The first-order valence-electron chi connectivity index (χ1n) is 6.34. The van der Waals surface area contributed by atoms with Crippen molar-refractivity contribution in [3.8, 4) is 0 Å². The molecule has 1 aromatic heterocycles. The van der Waals surface area contributed by atoms with Crippen LogP contribution in [0.2, 0.25) is 0 Å². The molecule has 0 spiro atoms. The monoisotopic (exact) mass is 284 g/mol. The second kappa shape index (κ2) is 4.86. The van der Waals surface area contributed by atoms with Gasteiger partial charge in [-0.05, 0) is 36.8 Å². The van der Waals surface area contributed by atoms with E-state index >= 15 is 0 Å². The summed E-state index contributed by atoms with van der Waals surface area (Å²) in [6.45, 7) is 1.66. The summed E-state index contributed by atoms with van der Waals surface area (Å²) in [5.74, 6) is 0.502. The Kier molecular flexibility index (Phi) is 3.02. The lowest BCUT2D eigenvalue weighted by Crippen LogP contribution is -2.03. The molecule has 7 heteroatoms. The molecule has 0 unspecified atom stereocenters. The molecule has 7 nitrogen and oxygen atoms in total. The van der Waals surface area contributed by atoms with Gasteiger partial charge in [0.2, 0.25) is 5.91 Å². The van der Waals surface area contributed by atoms with E-state index in [-0.39, 0.29) is 11.6 Å². The molecule has 1 aliphatic heterocycles. The normalized spacial score (nSPS) is 12.7. The minimum atomic E-state index is -0.460. The number of hydrogen-bond acceptors (Lipinski definition) is 5. The molecule has 2 aromatic rings. The highest BCUT2D eigenvalue weighted by Gasteiger charge is 2.17. The molecule has 2 heterocycles. The van der Waals surface area contributed by atoms with Crippen LogP contribution in [-0.2, 0) is 11.2 Å². The lowest BCUT2D eigenvalue weighted by atomic mass is 10.1. The van der Waals surface area contributed by atoms with Gasteiger partial charge < -0.3 is 10.6 Å². The van der Waals surface area contributed by atoms with E-state index < -0.39 is 4.92 Å². The van der Waals surface area contributed by atoms with Crippen LogP contribution >= 0.6 is 0 Å². The van der Waals surface area contributed by atoms with Crippen molar-refractivity contribution in [2.75, 3.05) is 10.6 Å². The van der Waals surface area contributed by atoms with Crippen molar-refractivity contribution in [1.82, 2.24) is 4.98 Å². The summed E-state index contributed by atoms with van der Waals surface area (Å²) < 4.78 is 0. The SMILES string of the molecule is Cc1cc(Nc2ccc3c(c2)CC(=O)N3)ncc1[N+](=O)[O-]. The smallest absolute Gasteiger partial charge is 0.290 e. The number of nitrogens with one attached hydrogen (secondary N) is 2. The Bertz CT molecular complexity index is 758. The highest BCUT2D eigenvalue weighted by Crippen LogP contribution is 2.28. The summed E-state index contributed by atoms with van der Waals surface area (Å²) in [4.78, 5) is 25.6. The second-order valence-electron chi connectivity index (χ2n) is 4.84. The summed E-state index contributed by atoms with van der Waals surface area (Å²) in [7, 11) is 0. The second-order valence-corrected chi connectivity index (χ2v) is 4.84. The quantitative estimate of drug-likeness (QED) is 0.666. The summed E-state index contributed by atoms with van der Waals surface area (Å²) in [6.07, 6.45) is 1.59. The third kappa shape index (κ3) is 2.53. The van der Waals surface area contributed by atoms with Gasteiger partial charge in [0.1, 0.15) is 12.0 Å². The van der Waals surface area contributed by atoms with Crippen LogP contribution in [0.4, 0.5) is 22.9 Å². The van der Waals surface area contributed by atoms with Gasteiger partial charge in [0.05, 0.1) is 11.3 Å². The number of pyridine rings is 1. The van der Waals surface area contributed by atoms with E-state index in [9.17, 15) is 14.9 Å². The Hall–Kier alpha value is -2.96. The molecular weight excluding hydrogens is 272 g/mol. The molecule has 21 heavy (non-hydrogen) atoms. The number of nitrogens with zero attached hydrogens (tertiary/aromatic N) is 2. The molecule has 0 saturated heterocycles. The number of rotatable bonds is 3. The number of carbonyl (C=O) groups excluding carboxylic acids is 1. The highest BCUT2D eigenvalue weighted by molar-refractivity contribution is 5.99. The average Bonchev–Trinajstić information content (AvgIpc) is 2.77. The van der Waals surface area contributed by atoms with Gasteiger partial charge in [-0.1, -0.05) is 0 Å². The maximum Gasteiger partial charge on any atom is 0.290 e.